The van der Waals surface area contributed by atoms with Gasteiger partial charge in [0, 0.05) is 38.9 Å². The Balaban J connectivity index is 1.58. The first-order valence-electron chi connectivity index (χ1n) is 9.70. The van der Waals surface area contributed by atoms with E-state index in [4.69, 9.17) is 4.74 Å². The van der Waals surface area contributed by atoms with Crippen LogP contribution in [-0.2, 0) is 4.74 Å². The molecule has 3 rings (SSSR count). The summed E-state index contributed by atoms with van der Waals surface area (Å²) in [5.74, 6) is 0.301. The summed E-state index contributed by atoms with van der Waals surface area (Å²) < 4.78 is 19.7. The normalized spacial score (nSPS) is 20.1. The maximum Gasteiger partial charge on any atom is 0.317 e. The van der Waals surface area contributed by atoms with Gasteiger partial charge in [-0.1, -0.05) is 18.2 Å². The van der Waals surface area contributed by atoms with E-state index in [0.29, 0.717) is 18.0 Å². The number of hydrogen-bond acceptors (Lipinski definition) is 3. The predicted molar refractivity (Wildman–Crippen MR) is 99.5 cm³/mol. The van der Waals surface area contributed by atoms with Gasteiger partial charge in [-0.05, 0) is 50.8 Å². The maximum absolute atomic E-state index is 14.3. The van der Waals surface area contributed by atoms with Crippen molar-refractivity contribution in [3.8, 4) is 0 Å². The van der Waals surface area contributed by atoms with E-state index >= 15 is 0 Å². The Labute approximate surface area is 155 Å². The molecule has 0 saturated carbocycles. The van der Waals surface area contributed by atoms with E-state index in [9.17, 15) is 9.18 Å². The van der Waals surface area contributed by atoms with E-state index in [-0.39, 0.29) is 17.9 Å². The van der Waals surface area contributed by atoms with Crippen LogP contribution in [0, 0.1) is 11.7 Å². The fraction of sp³-hybridized carbons (Fsp3) is 0.650. The van der Waals surface area contributed by atoms with Gasteiger partial charge in [-0.2, -0.15) is 0 Å². The van der Waals surface area contributed by atoms with Gasteiger partial charge in [-0.15, -0.1) is 0 Å². The molecule has 0 spiro atoms. The molecule has 1 unspecified atom stereocenters. The van der Waals surface area contributed by atoms with Crippen LogP contribution in [0.1, 0.15) is 37.3 Å². The van der Waals surface area contributed by atoms with E-state index in [1.807, 2.05) is 19.2 Å². The molecule has 2 heterocycles. The summed E-state index contributed by atoms with van der Waals surface area (Å²) >= 11 is 0. The molecule has 2 aliphatic heterocycles. The van der Waals surface area contributed by atoms with Crippen LogP contribution in [0.5, 0.6) is 0 Å². The molecule has 1 N–H and O–H groups in total. The van der Waals surface area contributed by atoms with Crippen molar-refractivity contribution in [1.82, 2.24) is 15.1 Å². The molecule has 0 aliphatic carbocycles. The molecule has 1 atom stereocenters. The van der Waals surface area contributed by atoms with E-state index in [1.165, 1.54) is 6.07 Å². The first-order valence-corrected chi connectivity index (χ1v) is 9.70. The summed E-state index contributed by atoms with van der Waals surface area (Å²) in [5.41, 5.74) is 0.668. The van der Waals surface area contributed by atoms with Gasteiger partial charge < -0.3 is 15.0 Å². The van der Waals surface area contributed by atoms with E-state index in [1.54, 1.807) is 11.0 Å². The summed E-state index contributed by atoms with van der Waals surface area (Å²) in [6.45, 7) is 4.63. The Hall–Kier alpha value is -1.66. The van der Waals surface area contributed by atoms with Crippen LogP contribution in [0.15, 0.2) is 24.3 Å². The minimum Gasteiger partial charge on any atom is -0.381 e. The van der Waals surface area contributed by atoms with Gasteiger partial charge in [0.25, 0.3) is 0 Å². The molecule has 2 amide bonds. The van der Waals surface area contributed by atoms with Crippen LogP contribution in [0.4, 0.5) is 9.18 Å². The van der Waals surface area contributed by atoms with Crippen LogP contribution in [0.3, 0.4) is 0 Å². The van der Waals surface area contributed by atoms with Crippen molar-refractivity contribution in [1.29, 1.82) is 0 Å². The number of rotatable bonds is 6. The highest BCUT2D eigenvalue weighted by atomic mass is 19.1. The van der Waals surface area contributed by atoms with Crippen molar-refractivity contribution in [3.63, 3.8) is 0 Å². The number of nitrogens with zero attached hydrogens (tertiary/aromatic N) is 2. The lowest BCUT2D eigenvalue weighted by atomic mass is 10.00. The smallest absolute Gasteiger partial charge is 0.317 e. The number of carbonyl (C=O) groups is 1. The zero-order valence-corrected chi connectivity index (χ0v) is 15.6. The van der Waals surface area contributed by atoms with Gasteiger partial charge in [0.15, 0.2) is 0 Å². The highest BCUT2D eigenvalue weighted by Crippen LogP contribution is 2.26. The first kappa shape index (κ1) is 19.1. The van der Waals surface area contributed by atoms with Gasteiger partial charge in [0.1, 0.15) is 5.82 Å². The van der Waals surface area contributed by atoms with Crippen molar-refractivity contribution in [2.24, 2.45) is 5.92 Å². The second kappa shape index (κ2) is 9.33. The van der Waals surface area contributed by atoms with Crippen LogP contribution < -0.4 is 5.32 Å². The molecule has 26 heavy (non-hydrogen) atoms. The quantitative estimate of drug-likeness (QED) is 0.845. The summed E-state index contributed by atoms with van der Waals surface area (Å²) in [4.78, 5) is 16.5. The monoisotopic (exact) mass is 363 g/mol. The van der Waals surface area contributed by atoms with Gasteiger partial charge in [-0.25, -0.2) is 9.18 Å². The predicted octanol–water partition coefficient (Wildman–Crippen LogP) is 3.03. The number of nitrogens with one attached hydrogen (secondary N) is 1. The van der Waals surface area contributed by atoms with Crippen molar-refractivity contribution < 1.29 is 13.9 Å². The van der Waals surface area contributed by atoms with Crippen molar-refractivity contribution in [2.75, 3.05) is 46.4 Å². The third-order valence-corrected chi connectivity index (χ3v) is 5.51. The van der Waals surface area contributed by atoms with Gasteiger partial charge >= 0.3 is 6.03 Å². The summed E-state index contributed by atoms with van der Waals surface area (Å²) in [6.07, 6.45) is 4.26. The van der Waals surface area contributed by atoms with Crippen molar-refractivity contribution >= 4 is 6.03 Å². The van der Waals surface area contributed by atoms with Gasteiger partial charge in [0.05, 0.1) is 6.04 Å². The minimum atomic E-state index is -0.200. The summed E-state index contributed by atoms with van der Waals surface area (Å²) in [5, 5.41) is 3.02. The third kappa shape index (κ3) is 4.95. The highest BCUT2D eigenvalue weighted by Gasteiger charge is 2.27. The fourth-order valence-electron chi connectivity index (χ4n) is 3.95. The average Bonchev–Trinajstić information content (AvgIpc) is 3.18. The van der Waals surface area contributed by atoms with E-state index in [2.05, 4.69) is 10.2 Å². The van der Waals surface area contributed by atoms with E-state index in [0.717, 1.165) is 58.5 Å². The number of urea groups is 1. The highest BCUT2D eigenvalue weighted by molar-refractivity contribution is 5.73. The molecular weight excluding hydrogens is 333 g/mol. The maximum atomic E-state index is 14.3. The lowest BCUT2D eigenvalue weighted by molar-refractivity contribution is 0.0585. The molecule has 2 fully saturated rings. The van der Waals surface area contributed by atoms with E-state index < -0.39 is 0 Å². The molecule has 0 bridgehead atoms. The average molecular weight is 363 g/mol. The Kier molecular flexibility index (Phi) is 6.86. The number of ether oxygens (including phenoxy) is 1. The van der Waals surface area contributed by atoms with Gasteiger partial charge in [0.2, 0.25) is 0 Å². The van der Waals surface area contributed by atoms with Crippen molar-refractivity contribution in [2.45, 2.75) is 31.7 Å². The minimum absolute atomic E-state index is 0.0861. The molecule has 1 aromatic rings. The molecule has 1 aromatic carbocycles. The molecule has 0 radical (unpaired) electrons. The Morgan fingerprint density at radius 3 is 2.69 bits per heavy atom. The zero-order chi connectivity index (χ0) is 18.4. The standard InChI is InChI=1S/C20H30FN3O2/c1-23(15-16-8-12-26-13-9-16)20(25)22-14-19(24-10-4-5-11-24)17-6-2-3-7-18(17)21/h2-3,6-7,16,19H,4-5,8-15H2,1H3,(H,22,25). The van der Waals surface area contributed by atoms with Crippen LogP contribution in [-0.4, -0.2) is 62.3 Å². The molecular formula is C20H30FN3O2. The second-order valence-electron chi connectivity index (χ2n) is 7.40. The Morgan fingerprint density at radius 2 is 2.00 bits per heavy atom. The Bertz CT molecular complexity index is 586. The molecule has 2 saturated heterocycles. The summed E-state index contributed by atoms with van der Waals surface area (Å²) in [7, 11) is 1.83. The molecule has 6 heteroatoms. The Morgan fingerprint density at radius 1 is 1.31 bits per heavy atom. The van der Waals surface area contributed by atoms with Crippen molar-refractivity contribution in [3.05, 3.63) is 35.6 Å². The molecule has 5 nitrogen and oxygen atoms in total. The SMILES string of the molecule is CN(CC1CCOCC1)C(=O)NCC(c1ccccc1F)N1CCCC1. The lowest BCUT2D eigenvalue weighted by Gasteiger charge is -2.30. The summed E-state index contributed by atoms with van der Waals surface area (Å²) in [6, 6.07) is 6.70. The number of benzene rings is 1. The number of halogens is 1. The second-order valence-corrected chi connectivity index (χ2v) is 7.40. The van der Waals surface area contributed by atoms with Gasteiger partial charge in [-0.3, -0.25) is 4.90 Å². The number of hydrogen-bond donors (Lipinski definition) is 1. The first-order chi connectivity index (χ1) is 12.6. The number of carbonyl (C=O) groups excluding carboxylic acids is 1. The third-order valence-electron chi connectivity index (χ3n) is 5.51. The number of likely N-dealkylation sites (tertiary alicyclic amines) is 1. The van der Waals surface area contributed by atoms with Crippen LogP contribution in [0.2, 0.25) is 0 Å². The largest absolute Gasteiger partial charge is 0.381 e. The zero-order valence-electron chi connectivity index (χ0n) is 15.6. The molecule has 2 aliphatic rings. The van der Waals surface area contributed by atoms with Crippen LogP contribution in [0.25, 0.3) is 0 Å². The fourth-order valence-corrected chi connectivity index (χ4v) is 3.95. The van der Waals surface area contributed by atoms with Crippen LogP contribution >= 0.6 is 0 Å². The topological polar surface area (TPSA) is 44.8 Å². The lowest BCUT2D eigenvalue weighted by Crippen LogP contribution is -2.44. The molecule has 144 valence electrons. The molecule has 0 aromatic heterocycles. The number of amides is 2.